The number of amides is 1. The first kappa shape index (κ1) is 23.7. The highest BCUT2D eigenvalue weighted by molar-refractivity contribution is 7.20. The zero-order chi connectivity index (χ0) is 24.5. The number of aromatic nitrogens is 3. The van der Waals surface area contributed by atoms with Crippen LogP contribution in [0.3, 0.4) is 0 Å². The van der Waals surface area contributed by atoms with E-state index in [9.17, 15) is 4.79 Å². The van der Waals surface area contributed by atoms with Crippen molar-refractivity contribution in [1.82, 2.24) is 30.1 Å². The van der Waals surface area contributed by atoms with Crippen molar-refractivity contribution < 1.29 is 9.53 Å². The van der Waals surface area contributed by atoms with Crippen molar-refractivity contribution in [2.75, 3.05) is 64.4 Å². The molecule has 3 aliphatic rings. The van der Waals surface area contributed by atoms with Crippen LogP contribution in [0.15, 0.2) is 30.6 Å². The molecule has 6 rings (SSSR count). The molecule has 2 saturated heterocycles. The summed E-state index contributed by atoms with van der Waals surface area (Å²) in [5.74, 6) is 1.08. The van der Waals surface area contributed by atoms with Crippen LogP contribution in [0, 0.1) is 0 Å². The minimum Gasteiger partial charge on any atom is -0.381 e. The molecule has 1 unspecified atom stereocenters. The predicted octanol–water partition coefficient (Wildman–Crippen LogP) is 2.87. The van der Waals surface area contributed by atoms with Gasteiger partial charge in [-0.1, -0.05) is 29.5 Å². The summed E-state index contributed by atoms with van der Waals surface area (Å²) in [5.41, 5.74) is 3.25. The minimum atomic E-state index is -0.136. The average molecular weight is 508 g/mol. The fourth-order valence-corrected chi connectivity index (χ4v) is 6.28. The number of benzene rings is 1. The molecule has 1 atom stereocenters. The molecule has 0 spiro atoms. The molecule has 5 heterocycles. The lowest BCUT2D eigenvalue weighted by molar-refractivity contribution is 0.0696. The largest absolute Gasteiger partial charge is 0.381 e. The van der Waals surface area contributed by atoms with Crippen molar-refractivity contribution in [3.05, 3.63) is 41.2 Å². The molecule has 9 nitrogen and oxygen atoms in total. The van der Waals surface area contributed by atoms with E-state index in [1.807, 2.05) is 0 Å². The average Bonchev–Trinajstić information content (AvgIpc) is 3.51. The maximum absolute atomic E-state index is 12.9. The Morgan fingerprint density at radius 3 is 2.78 bits per heavy atom. The number of rotatable bonds is 6. The smallest absolute Gasteiger partial charge is 0.280 e. The van der Waals surface area contributed by atoms with Crippen molar-refractivity contribution in [3.8, 4) is 0 Å². The normalized spacial score (nSPS) is 21.7. The van der Waals surface area contributed by atoms with Gasteiger partial charge in [-0.25, -0.2) is 15.0 Å². The summed E-state index contributed by atoms with van der Waals surface area (Å²) in [6.45, 7) is 7.89. The van der Waals surface area contributed by atoms with Gasteiger partial charge in [0.25, 0.3) is 5.91 Å². The van der Waals surface area contributed by atoms with E-state index in [1.54, 1.807) is 6.33 Å². The lowest BCUT2D eigenvalue weighted by atomic mass is 9.97. The molecule has 0 aliphatic carbocycles. The molecule has 1 aromatic carbocycles. The highest BCUT2D eigenvalue weighted by atomic mass is 32.1. The first-order valence-electron chi connectivity index (χ1n) is 12.9. The van der Waals surface area contributed by atoms with Gasteiger partial charge in [0.05, 0.1) is 0 Å². The van der Waals surface area contributed by atoms with Gasteiger partial charge in [0.2, 0.25) is 0 Å². The van der Waals surface area contributed by atoms with Gasteiger partial charge < -0.3 is 24.8 Å². The molecule has 1 N–H and O–H groups in total. The number of hydrogen-bond acceptors (Lipinski definition) is 9. The molecule has 3 aliphatic heterocycles. The molecule has 1 amide bonds. The molecule has 3 aromatic rings. The molecule has 0 bridgehead atoms. The number of fused-ring (bicyclic) bond motifs is 2. The van der Waals surface area contributed by atoms with Gasteiger partial charge in [-0.15, -0.1) is 0 Å². The minimum absolute atomic E-state index is 0.135. The third kappa shape index (κ3) is 4.82. The first-order chi connectivity index (χ1) is 17.7. The van der Waals surface area contributed by atoms with Crippen LogP contribution in [-0.2, 0) is 4.74 Å². The molecule has 0 saturated carbocycles. The highest BCUT2D eigenvalue weighted by Crippen LogP contribution is 2.43. The second kappa shape index (κ2) is 10.4. The monoisotopic (exact) mass is 507 g/mol. The Hall–Kier alpha value is -2.66. The molecule has 2 aromatic heterocycles. The number of piperazine rings is 1. The molecular formula is C26H33N7O2S. The lowest BCUT2D eigenvalue weighted by Crippen LogP contribution is -2.44. The number of carbonyl (C=O) groups is 1. The Labute approximate surface area is 215 Å². The summed E-state index contributed by atoms with van der Waals surface area (Å²) in [6.07, 6.45) is 4.38. The fourth-order valence-electron chi connectivity index (χ4n) is 5.48. The van der Waals surface area contributed by atoms with Crippen LogP contribution in [0.1, 0.15) is 40.5 Å². The summed E-state index contributed by atoms with van der Waals surface area (Å²) in [4.78, 5) is 34.8. The Balaban J connectivity index is 1.22. The van der Waals surface area contributed by atoms with Crippen LogP contribution < -0.4 is 10.2 Å². The van der Waals surface area contributed by atoms with Gasteiger partial charge >= 0.3 is 0 Å². The van der Waals surface area contributed by atoms with Crippen LogP contribution in [0.5, 0.6) is 0 Å². The summed E-state index contributed by atoms with van der Waals surface area (Å²) in [7, 11) is 2.20. The van der Waals surface area contributed by atoms with E-state index < -0.39 is 0 Å². The Morgan fingerprint density at radius 1 is 1.14 bits per heavy atom. The van der Waals surface area contributed by atoms with Gasteiger partial charge in [-0.3, -0.25) is 4.79 Å². The van der Waals surface area contributed by atoms with Crippen LogP contribution in [0.2, 0.25) is 0 Å². The third-order valence-electron chi connectivity index (χ3n) is 7.64. The van der Waals surface area contributed by atoms with Gasteiger partial charge in [0.15, 0.2) is 10.8 Å². The van der Waals surface area contributed by atoms with E-state index >= 15 is 0 Å². The topological polar surface area (TPSA) is 86.7 Å². The van der Waals surface area contributed by atoms with Crippen LogP contribution in [0.25, 0.3) is 10.3 Å². The number of nitrogens with one attached hydrogen (secondary N) is 1. The summed E-state index contributed by atoms with van der Waals surface area (Å²) in [6, 6.07) is 8.76. The summed E-state index contributed by atoms with van der Waals surface area (Å²) < 4.78 is 5.41. The molecule has 190 valence electrons. The number of nitrogens with zero attached hydrogens (tertiary/aromatic N) is 6. The Kier molecular flexibility index (Phi) is 6.83. The maximum atomic E-state index is 12.9. The van der Waals surface area contributed by atoms with E-state index in [-0.39, 0.29) is 11.9 Å². The van der Waals surface area contributed by atoms with Crippen molar-refractivity contribution in [3.63, 3.8) is 0 Å². The van der Waals surface area contributed by atoms with Crippen LogP contribution in [0.4, 0.5) is 11.5 Å². The zero-order valence-corrected chi connectivity index (χ0v) is 21.5. The van der Waals surface area contributed by atoms with Gasteiger partial charge in [-0.05, 0) is 44.5 Å². The van der Waals surface area contributed by atoms with Gasteiger partial charge in [0.1, 0.15) is 16.7 Å². The SMILES string of the molecule is CN1CCN(CCC2CN(c3ncnc4sc(C(=O)NC5CCOCC5)nc34)c3ccccc32)CC1. The highest BCUT2D eigenvalue weighted by Gasteiger charge is 2.32. The number of carbonyl (C=O) groups excluding carboxylic acids is 1. The number of ether oxygens (including phenoxy) is 1. The molecule has 10 heteroatoms. The van der Waals surface area contributed by atoms with E-state index in [0.717, 1.165) is 69.2 Å². The summed E-state index contributed by atoms with van der Waals surface area (Å²) >= 11 is 1.34. The van der Waals surface area contributed by atoms with Crippen molar-refractivity contribution in [2.24, 2.45) is 0 Å². The van der Waals surface area contributed by atoms with Crippen molar-refractivity contribution >= 4 is 39.1 Å². The zero-order valence-electron chi connectivity index (χ0n) is 20.7. The standard InChI is InChI=1S/C26H33N7O2S/c1-31-10-12-32(13-11-31)9-6-18-16-33(21-5-3-2-4-20(18)21)23-22-25(28-17-27-23)36-26(30-22)24(34)29-19-7-14-35-15-8-19/h2-5,17-19H,6-16H2,1H3,(H,29,34). The third-order valence-corrected chi connectivity index (χ3v) is 8.60. The fraction of sp³-hybridized carbons (Fsp3) is 0.538. The van der Waals surface area contributed by atoms with E-state index in [2.05, 4.69) is 61.3 Å². The van der Waals surface area contributed by atoms with E-state index in [4.69, 9.17) is 9.72 Å². The van der Waals surface area contributed by atoms with Crippen LogP contribution in [-0.4, -0.2) is 96.2 Å². The second-order valence-electron chi connectivity index (χ2n) is 10.0. The number of hydrogen-bond donors (Lipinski definition) is 1. The number of anilines is 2. The molecule has 36 heavy (non-hydrogen) atoms. The maximum Gasteiger partial charge on any atom is 0.280 e. The van der Waals surface area contributed by atoms with E-state index in [1.165, 1.54) is 22.6 Å². The predicted molar refractivity (Wildman–Crippen MR) is 141 cm³/mol. The quantitative estimate of drug-likeness (QED) is 0.545. The second-order valence-corrected chi connectivity index (χ2v) is 11.0. The summed E-state index contributed by atoms with van der Waals surface area (Å²) in [5, 5.41) is 3.56. The van der Waals surface area contributed by atoms with Crippen molar-refractivity contribution in [1.29, 1.82) is 0 Å². The number of para-hydroxylation sites is 1. The molecular weight excluding hydrogens is 474 g/mol. The molecule has 0 radical (unpaired) electrons. The van der Waals surface area contributed by atoms with Gasteiger partial charge in [-0.2, -0.15) is 0 Å². The Morgan fingerprint density at radius 2 is 1.94 bits per heavy atom. The first-order valence-corrected chi connectivity index (χ1v) is 13.7. The molecule has 2 fully saturated rings. The number of thiazole rings is 1. The van der Waals surface area contributed by atoms with Gasteiger partial charge in [0, 0.05) is 63.6 Å². The Bertz CT molecular complexity index is 1220. The lowest BCUT2D eigenvalue weighted by Gasteiger charge is -2.33. The van der Waals surface area contributed by atoms with E-state index in [0.29, 0.717) is 29.7 Å². The van der Waals surface area contributed by atoms with Crippen molar-refractivity contribution in [2.45, 2.75) is 31.2 Å². The number of likely N-dealkylation sites (N-methyl/N-ethyl adjacent to an activating group) is 1. The van der Waals surface area contributed by atoms with Crippen LogP contribution >= 0.6 is 11.3 Å².